The number of rotatable bonds is 7. The van der Waals surface area contributed by atoms with Crippen LogP contribution in [0.1, 0.15) is 38.5 Å². The van der Waals surface area contributed by atoms with Crippen molar-refractivity contribution < 1.29 is 19.4 Å². The smallest absolute Gasteiger partial charge is 0.306 e. The van der Waals surface area contributed by atoms with Crippen molar-refractivity contribution in [2.24, 2.45) is 17.8 Å². The highest BCUT2D eigenvalue weighted by atomic mass is 16.5. The lowest BCUT2D eigenvalue weighted by molar-refractivity contribution is -0.144. The quantitative estimate of drug-likeness (QED) is 0.685. The van der Waals surface area contributed by atoms with Crippen molar-refractivity contribution in [3.8, 4) is 0 Å². The molecule has 0 heterocycles. The minimum Gasteiger partial charge on any atom is -0.481 e. The number of carbonyl (C=O) groups is 2. The maximum atomic E-state index is 11.9. The van der Waals surface area contributed by atoms with Crippen LogP contribution in [0.4, 0.5) is 0 Å². The Labute approximate surface area is 113 Å². The second-order valence-corrected chi connectivity index (χ2v) is 5.71. The van der Waals surface area contributed by atoms with Crippen molar-refractivity contribution in [3.63, 3.8) is 0 Å². The van der Waals surface area contributed by atoms with Gasteiger partial charge in [0.05, 0.1) is 12.5 Å². The molecular weight excluding hydrogens is 246 g/mol. The van der Waals surface area contributed by atoms with Gasteiger partial charge in [0.1, 0.15) is 0 Å². The van der Waals surface area contributed by atoms with E-state index in [9.17, 15) is 9.59 Å². The molecule has 1 amide bonds. The summed E-state index contributed by atoms with van der Waals surface area (Å²) in [5, 5.41) is 11.8. The number of hydrogen-bond acceptors (Lipinski definition) is 3. The highest BCUT2D eigenvalue weighted by Gasteiger charge is 2.30. The number of aliphatic carboxylic acids is 1. The fourth-order valence-electron chi connectivity index (χ4n) is 2.58. The zero-order valence-corrected chi connectivity index (χ0v) is 11.3. The second kappa shape index (κ2) is 6.89. The Kier molecular flexibility index (Phi) is 5.19. The van der Waals surface area contributed by atoms with Gasteiger partial charge >= 0.3 is 5.97 Å². The Hall–Kier alpha value is -1.10. The van der Waals surface area contributed by atoms with Crippen molar-refractivity contribution in [2.45, 2.75) is 38.5 Å². The molecule has 5 nitrogen and oxygen atoms in total. The van der Waals surface area contributed by atoms with Crippen molar-refractivity contribution in [1.29, 1.82) is 0 Å². The predicted molar refractivity (Wildman–Crippen MR) is 69.6 cm³/mol. The Bertz CT molecular complexity index is 327. The highest BCUT2D eigenvalue weighted by Crippen LogP contribution is 2.29. The molecule has 2 fully saturated rings. The molecule has 0 aromatic rings. The van der Waals surface area contributed by atoms with Crippen molar-refractivity contribution in [1.82, 2.24) is 5.32 Å². The number of hydrogen-bond donors (Lipinski definition) is 2. The van der Waals surface area contributed by atoms with Crippen LogP contribution in [0.25, 0.3) is 0 Å². The molecule has 0 saturated heterocycles. The lowest BCUT2D eigenvalue weighted by Gasteiger charge is -2.25. The van der Waals surface area contributed by atoms with E-state index in [4.69, 9.17) is 9.84 Å². The molecule has 5 heteroatoms. The van der Waals surface area contributed by atoms with E-state index < -0.39 is 5.97 Å². The highest BCUT2D eigenvalue weighted by molar-refractivity contribution is 5.80. The Morgan fingerprint density at radius 2 is 1.89 bits per heavy atom. The minimum atomic E-state index is -0.773. The largest absolute Gasteiger partial charge is 0.481 e. The zero-order chi connectivity index (χ0) is 13.7. The first-order chi connectivity index (χ1) is 9.16. The molecule has 2 unspecified atom stereocenters. The Morgan fingerprint density at radius 3 is 2.58 bits per heavy atom. The van der Waals surface area contributed by atoms with Crippen LogP contribution in [0, 0.1) is 17.8 Å². The van der Waals surface area contributed by atoms with Gasteiger partial charge in [-0.15, -0.1) is 0 Å². The monoisotopic (exact) mass is 269 g/mol. The third-order valence-electron chi connectivity index (χ3n) is 3.99. The van der Waals surface area contributed by atoms with Crippen LogP contribution in [-0.4, -0.2) is 36.7 Å². The number of ether oxygens (including phenoxy) is 1. The number of carbonyl (C=O) groups excluding carboxylic acids is 1. The molecule has 0 radical (unpaired) electrons. The number of amides is 1. The van der Waals surface area contributed by atoms with Crippen LogP contribution >= 0.6 is 0 Å². The summed E-state index contributed by atoms with van der Waals surface area (Å²) < 4.78 is 5.45. The second-order valence-electron chi connectivity index (χ2n) is 5.71. The molecule has 2 atom stereocenters. The van der Waals surface area contributed by atoms with Crippen molar-refractivity contribution >= 4 is 11.9 Å². The van der Waals surface area contributed by atoms with E-state index in [1.165, 1.54) is 12.8 Å². The summed E-state index contributed by atoms with van der Waals surface area (Å²) in [6, 6.07) is 0. The van der Waals surface area contributed by atoms with E-state index in [0.717, 1.165) is 25.4 Å². The molecule has 0 aromatic heterocycles. The summed E-state index contributed by atoms with van der Waals surface area (Å²) in [6.45, 7) is 1.89. The standard InChI is InChI=1S/C14H23NO4/c16-13(15-6-7-19-9-10-4-5-10)11-2-1-3-12(8-11)14(17)18/h10-12H,1-9H2,(H,15,16)(H,17,18). The fourth-order valence-corrected chi connectivity index (χ4v) is 2.58. The Morgan fingerprint density at radius 1 is 1.16 bits per heavy atom. The topological polar surface area (TPSA) is 75.6 Å². The maximum Gasteiger partial charge on any atom is 0.306 e. The van der Waals surface area contributed by atoms with Gasteiger partial charge in [0, 0.05) is 19.1 Å². The molecule has 0 aromatic carbocycles. The summed E-state index contributed by atoms with van der Waals surface area (Å²) >= 11 is 0. The number of carboxylic acid groups (broad SMARTS) is 1. The van der Waals surface area contributed by atoms with Gasteiger partial charge in [-0.05, 0) is 38.0 Å². The summed E-state index contributed by atoms with van der Waals surface area (Å²) in [5.74, 6) is -0.537. The van der Waals surface area contributed by atoms with E-state index in [1.54, 1.807) is 0 Å². The fraction of sp³-hybridized carbons (Fsp3) is 0.857. The van der Waals surface area contributed by atoms with Gasteiger partial charge in [-0.3, -0.25) is 9.59 Å². The van der Waals surface area contributed by atoms with Crippen molar-refractivity contribution in [2.75, 3.05) is 19.8 Å². The summed E-state index contributed by atoms with van der Waals surface area (Å²) in [6.07, 6.45) is 5.34. The van der Waals surface area contributed by atoms with Gasteiger partial charge in [-0.2, -0.15) is 0 Å². The van der Waals surface area contributed by atoms with Gasteiger partial charge in [-0.1, -0.05) is 6.42 Å². The van der Waals surface area contributed by atoms with Gasteiger partial charge in [0.25, 0.3) is 0 Å². The first kappa shape index (κ1) is 14.3. The lowest BCUT2D eigenvalue weighted by Crippen LogP contribution is -2.37. The molecule has 2 rings (SSSR count). The third kappa shape index (κ3) is 4.82. The van der Waals surface area contributed by atoms with Crippen LogP contribution in [0.2, 0.25) is 0 Å². The molecule has 0 bridgehead atoms. The lowest BCUT2D eigenvalue weighted by atomic mass is 9.81. The third-order valence-corrected chi connectivity index (χ3v) is 3.99. The summed E-state index contributed by atoms with van der Waals surface area (Å²) in [4.78, 5) is 22.9. The van der Waals surface area contributed by atoms with Crippen LogP contribution < -0.4 is 5.32 Å². The molecule has 0 spiro atoms. The molecule has 2 aliphatic rings. The molecule has 19 heavy (non-hydrogen) atoms. The molecular formula is C14H23NO4. The summed E-state index contributed by atoms with van der Waals surface area (Å²) in [7, 11) is 0. The van der Waals surface area contributed by atoms with Gasteiger partial charge in [-0.25, -0.2) is 0 Å². The van der Waals surface area contributed by atoms with Crippen molar-refractivity contribution in [3.05, 3.63) is 0 Å². The Balaban J connectivity index is 1.59. The maximum absolute atomic E-state index is 11.9. The molecule has 108 valence electrons. The normalized spacial score (nSPS) is 26.9. The zero-order valence-electron chi connectivity index (χ0n) is 11.3. The predicted octanol–water partition coefficient (Wildman–Crippen LogP) is 1.42. The molecule has 2 aliphatic carbocycles. The molecule has 2 N–H and O–H groups in total. The van der Waals surface area contributed by atoms with Gasteiger partial charge < -0.3 is 15.2 Å². The SMILES string of the molecule is O=C(O)C1CCCC(C(=O)NCCOCC2CC2)C1. The minimum absolute atomic E-state index is 0.0130. The van der Waals surface area contributed by atoms with Crippen LogP contribution in [0.3, 0.4) is 0 Å². The van der Waals surface area contributed by atoms with E-state index in [1.807, 2.05) is 0 Å². The molecule has 0 aliphatic heterocycles. The number of carboxylic acids is 1. The van der Waals surface area contributed by atoms with Crippen LogP contribution in [0.15, 0.2) is 0 Å². The van der Waals surface area contributed by atoms with E-state index in [2.05, 4.69) is 5.32 Å². The van der Waals surface area contributed by atoms with E-state index >= 15 is 0 Å². The van der Waals surface area contributed by atoms with Crippen LogP contribution in [-0.2, 0) is 14.3 Å². The first-order valence-corrected chi connectivity index (χ1v) is 7.25. The van der Waals surface area contributed by atoms with E-state index in [0.29, 0.717) is 26.0 Å². The average Bonchev–Trinajstić information content (AvgIpc) is 3.22. The van der Waals surface area contributed by atoms with Gasteiger partial charge in [0.2, 0.25) is 5.91 Å². The average molecular weight is 269 g/mol. The van der Waals surface area contributed by atoms with Crippen LogP contribution in [0.5, 0.6) is 0 Å². The summed E-state index contributed by atoms with van der Waals surface area (Å²) in [5.41, 5.74) is 0. The van der Waals surface area contributed by atoms with E-state index in [-0.39, 0.29) is 17.7 Å². The molecule has 2 saturated carbocycles. The van der Waals surface area contributed by atoms with Gasteiger partial charge in [0.15, 0.2) is 0 Å². The number of nitrogens with one attached hydrogen (secondary N) is 1. The first-order valence-electron chi connectivity index (χ1n) is 7.25.